The van der Waals surface area contributed by atoms with Crippen LogP contribution in [0.2, 0.25) is 0 Å². The third-order valence-corrected chi connectivity index (χ3v) is 2.66. The lowest BCUT2D eigenvalue weighted by Crippen LogP contribution is -3.00. The molecule has 0 bridgehead atoms. The maximum atomic E-state index is 5.11. The van der Waals surface area contributed by atoms with Crippen molar-refractivity contribution in [1.82, 2.24) is 4.57 Å². The summed E-state index contributed by atoms with van der Waals surface area (Å²) in [4.78, 5) is 0. The number of methoxy groups -OCH3 is 1. The smallest absolute Gasteiger partial charge is 0.244 e. The topological polar surface area (TPSA) is 18.0 Å². The number of para-hydroxylation sites is 2. The number of nitrogens with zero attached hydrogens (tertiary/aromatic N) is 2. The second kappa shape index (κ2) is 6.20. The molecule has 1 heterocycles. The Hall–Kier alpha value is -0.620. The van der Waals surface area contributed by atoms with Gasteiger partial charge in [0.25, 0.3) is 0 Å². The number of hydrogen-bond acceptors (Lipinski definition) is 1. The van der Waals surface area contributed by atoms with Crippen LogP contribution in [0.3, 0.4) is 0 Å². The molecule has 2 aromatic rings. The highest BCUT2D eigenvalue weighted by molar-refractivity contribution is 5.71. The number of aryl methyl sites for hydroxylation is 1. The van der Waals surface area contributed by atoms with Crippen LogP contribution < -0.4 is 28.5 Å². The van der Waals surface area contributed by atoms with Crippen LogP contribution in [-0.4, -0.2) is 18.3 Å². The van der Waals surface area contributed by atoms with Crippen molar-refractivity contribution in [3.8, 4) is 0 Å². The molecule has 0 fully saturated rings. The van der Waals surface area contributed by atoms with Gasteiger partial charge < -0.3 is 28.7 Å². The van der Waals surface area contributed by atoms with E-state index in [1.165, 1.54) is 11.0 Å². The van der Waals surface area contributed by atoms with E-state index in [0.29, 0.717) is 0 Å². The summed E-state index contributed by atoms with van der Waals surface area (Å²) in [6.07, 6.45) is 2.16. The third kappa shape index (κ3) is 2.55. The van der Waals surface area contributed by atoms with Gasteiger partial charge in [-0.3, -0.25) is 0 Å². The lowest BCUT2D eigenvalue weighted by molar-refractivity contribution is -0.673. The van der Waals surface area contributed by atoms with E-state index in [1.807, 2.05) is 0 Å². The molecule has 1 aromatic heterocycles. The fraction of sp³-hybridized carbons (Fsp3) is 0.417. The van der Waals surface area contributed by atoms with E-state index in [-0.39, 0.29) is 24.0 Å². The molecule has 1 aromatic carbocycles. The Morgan fingerprint density at radius 2 is 2.06 bits per heavy atom. The zero-order valence-electron chi connectivity index (χ0n) is 9.69. The predicted molar refractivity (Wildman–Crippen MR) is 59.7 cm³/mol. The molecule has 0 N–H and O–H groups in total. The molecule has 0 unspecified atom stereocenters. The van der Waals surface area contributed by atoms with Gasteiger partial charge in [0, 0.05) is 7.11 Å². The molecule has 0 amide bonds. The average Bonchev–Trinajstić information content (AvgIpc) is 2.65. The zero-order valence-corrected chi connectivity index (χ0v) is 11.8. The molecule has 0 saturated heterocycles. The van der Waals surface area contributed by atoms with E-state index in [9.17, 15) is 0 Å². The van der Waals surface area contributed by atoms with Crippen molar-refractivity contribution in [1.29, 1.82) is 0 Å². The Bertz CT molecular complexity index is 453. The molecule has 4 heteroatoms. The number of aromatic nitrogens is 2. The summed E-state index contributed by atoms with van der Waals surface area (Å²) < 4.78 is 9.60. The highest BCUT2D eigenvalue weighted by Gasteiger charge is 2.12. The molecule has 0 atom stereocenters. The monoisotopic (exact) mass is 332 g/mol. The minimum atomic E-state index is 0. The summed E-state index contributed by atoms with van der Waals surface area (Å²) in [5.74, 6) is 0. The van der Waals surface area contributed by atoms with Gasteiger partial charge in [0.15, 0.2) is 11.0 Å². The normalized spacial score (nSPS) is 10.4. The molecule has 0 spiro atoms. The van der Waals surface area contributed by atoms with Crippen molar-refractivity contribution in [3.63, 3.8) is 0 Å². The number of benzene rings is 1. The average molecular weight is 332 g/mol. The Morgan fingerprint density at radius 3 is 2.75 bits per heavy atom. The van der Waals surface area contributed by atoms with Gasteiger partial charge in [0.05, 0.1) is 13.2 Å². The van der Waals surface area contributed by atoms with Gasteiger partial charge in [-0.15, -0.1) is 0 Å². The maximum Gasteiger partial charge on any atom is 0.244 e. The van der Waals surface area contributed by atoms with Gasteiger partial charge in [0.1, 0.15) is 6.54 Å². The summed E-state index contributed by atoms with van der Waals surface area (Å²) >= 11 is 0. The largest absolute Gasteiger partial charge is 1.00 e. The first-order chi connectivity index (χ1) is 7.36. The van der Waals surface area contributed by atoms with Crippen molar-refractivity contribution in [2.24, 2.45) is 0 Å². The number of fused-ring (bicyclic) bond motifs is 1. The Kier molecular flexibility index (Phi) is 5.21. The van der Waals surface area contributed by atoms with Crippen molar-refractivity contribution in [2.45, 2.75) is 20.0 Å². The van der Waals surface area contributed by atoms with Gasteiger partial charge in [-0.2, -0.15) is 0 Å². The van der Waals surface area contributed by atoms with Crippen LogP contribution in [0, 0.1) is 0 Å². The highest BCUT2D eigenvalue weighted by Crippen LogP contribution is 2.09. The van der Waals surface area contributed by atoms with Crippen LogP contribution in [0.25, 0.3) is 11.0 Å². The number of halogens is 1. The first kappa shape index (κ1) is 13.4. The first-order valence-corrected chi connectivity index (χ1v) is 5.33. The van der Waals surface area contributed by atoms with Crippen molar-refractivity contribution in [3.05, 3.63) is 30.6 Å². The summed E-state index contributed by atoms with van der Waals surface area (Å²) in [6.45, 7) is 4.82. The second-order valence-electron chi connectivity index (χ2n) is 3.58. The van der Waals surface area contributed by atoms with Crippen LogP contribution in [0.15, 0.2) is 30.6 Å². The molecule has 2 rings (SSSR count). The van der Waals surface area contributed by atoms with E-state index >= 15 is 0 Å². The number of hydrogen-bond donors (Lipinski definition) is 0. The minimum Gasteiger partial charge on any atom is -1.00 e. The lowest BCUT2D eigenvalue weighted by atomic mass is 10.3. The van der Waals surface area contributed by atoms with Crippen molar-refractivity contribution < 1.29 is 33.3 Å². The molecule has 16 heavy (non-hydrogen) atoms. The molecule has 0 radical (unpaired) electrons. The number of rotatable bonds is 4. The van der Waals surface area contributed by atoms with Gasteiger partial charge >= 0.3 is 0 Å². The quantitative estimate of drug-likeness (QED) is 0.498. The summed E-state index contributed by atoms with van der Waals surface area (Å²) in [5, 5.41) is 0. The fourth-order valence-electron chi connectivity index (χ4n) is 1.86. The standard InChI is InChI=1S/C12H17N2O.HI/c1-3-13-10-14(8-9-15-2)12-7-5-4-6-11(12)13;/h4-7,10H,3,8-9H2,1-2H3;1H/q+1;/p-1. The highest BCUT2D eigenvalue weighted by atomic mass is 127. The van der Waals surface area contributed by atoms with Crippen molar-refractivity contribution in [2.75, 3.05) is 13.7 Å². The Labute approximate surface area is 113 Å². The number of ether oxygens (including phenoxy) is 1. The van der Waals surface area contributed by atoms with Crippen LogP contribution in [0.4, 0.5) is 0 Å². The van der Waals surface area contributed by atoms with Gasteiger partial charge in [0.2, 0.25) is 6.33 Å². The summed E-state index contributed by atoms with van der Waals surface area (Å²) in [7, 11) is 1.74. The SMILES string of the molecule is CCn1c[n+](CCOC)c2ccccc21.[I-]. The third-order valence-electron chi connectivity index (χ3n) is 2.66. The van der Waals surface area contributed by atoms with E-state index in [2.05, 4.69) is 46.7 Å². The first-order valence-electron chi connectivity index (χ1n) is 5.33. The molecular weight excluding hydrogens is 315 g/mol. The Balaban J connectivity index is 0.00000128. The van der Waals surface area contributed by atoms with E-state index in [0.717, 1.165) is 19.7 Å². The number of imidazole rings is 1. The zero-order chi connectivity index (χ0) is 10.7. The van der Waals surface area contributed by atoms with Crippen LogP contribution in [-0.2, 0) is 17.8 Å². The minimum absolute atomic E-state index is 0. The van der Waals surface area contributed by atoms with Gasteiger partial charge in [-0.1, -0.05) is 12.1 Å². The molecule has 0 aliphatic heterocycles. The van der Waals surface area contributed by atoms with E-state index in [4.69, 9.17) is 4.74 Å². The lowest BCUT2D eigenvalue weighted by Gasteiger charge is -1.95. The Morgan fingerprint density at radius 1 is 1.31 bits per heavy atom. The molecular formula is C12H17IN2O. The van der Waals surface area contributed by atoms with E-state index < -0.39 is 0 Å². The van der Waals surface area contributed by atoms with Crippen LogP contribution in [0.1, 0.15) is 6.92 Å². The van der Waals surface area contributed by atoms with E-state index in [1.54, 1.807) is 7.11 Å². The summed E-state index contributed by atoms with van der Waals surface area (Å²) in [6, 6.07) is 8.46. The molecule has 88 valence electrons. The van der Waals surface area contributed by atoms with Gasteiger partial charge in [-0.05, 0) is 19.1 Å². The molecule has 0 aliphatic rings. The second-order valence-corrected chi connectivity index (χ2v) is 3.58. The van der Waals surface area contributed by atoms with Gasteiger partial charge in [-0.25, -0.2) is 9.13 Å². The predicted octanol–water partition coefficient (Wildman–Crippen LogP) is -1.40. The van der Waals surface area contributed by atoms with Crippen LogP contribution in [0.5, 0.6) is 0 Å². The molecule has 0 aliphatic carbocycles. The molecule has 3 nitrogen and oxygen atoms in total. The van der Waals surface area contributed by atoms with Crippen LogP contribution >= 0.6 is 0 Å². The molecule has 0 saturated carbocycles. The summed E-state index contributed by atoms with van der Waals surface area (Å²) in [5.41, 5.74) is 2.56. The van der Waals surface area contributed by atoms with Crippen molar-refractivity contribution >= 4 is 11.0 Å². The maximum absolute atomic E-state index is 5.11. The fourth-order valence-corrected chi connectivity index (χ4v) is 1.86.